The fourth-order valence-corrected chi connectivity index (χ4v) is 3.63. The van der Waals surface area contributed by atoms with Crippen LogP contribution in [0.2, 0.25) is 0 Å². The highest BCUT2D eigenvalue weighted by atomic mass is 15.2. The van der Waals surface area contributed by atoms with Gasteiger partial charge in [0.2, 0.25) is 11.4 Å². The number of rotatable bonds is 1. The number of aryl methyl sites for hydroxylation is 1. The molecule has 1 aliphatic carbocycles. The molecule has 4 nitrogen and oxygen atoms in total. The molecule has 4 rings (SSSR count). The van der Waals surface area contributed by atoms with Crippen LogP contribution in [-0.2, 0) is 0 Å². The molecule has 2 aromatic rings. The molecule has 0 spiro atoms. The minimum Gasteiger partial charge on any atom is -0.398 e. The topological polar surface area (TPSA) is 55.9 Å². The summed E-state index contributed by atoms with van der Waals surface area (Å²) in [6.45, 7) is 8.34. The SMILES string of the molecule is C=[N+]1c2cc(C)c(N)cc2[N+](c2ccccc2)=C2CC(=N)C(C)=CC21. The first kappa shape index (κ1) is 15.5. The fourth-order valence-electron chi connectivity index (χ4n) is 3.63. The van der Waals surface area contributed by atoms with Crippen molar-refractivity contribution in [2.75, 3.05) is 5.73 Å². The molecule has 4 heteroatoms. The smallest absolute Gasteiger partial charge is 0.285 e. The summed E-state index contributed by atoms with van der Waals surface area (Å²) in [6, 6.07) is 14.4. The molecule has 0 radical (unpaired) electrons. The maximum atomic E-state index is 8.32. The summed E-state index contributed by atoms with van der Waals surface area (Å²) < 4.78 is 4.29. The predicted octanol–water partition coefficient (Wildman–Crippen LogP) is 3.95. The monoisotopic (exact) mass is 330 g/mol. The van der Waals surface area contributed by atoms with Gasteiger partial charge in [-0.3, -0.25) is 0 Å². The van der Waals surface area contributed by atoms with Gasteiger partial charge in [0.15, 0.2) is 0 Å². The highest BCUT2D eigenvalue weighted by Crippen LogP contribution is 2.40. The van der Waals surface area contributed by atoms with E-state index in [4.69, 9.17) is 11.1 Å². The zero-order valence-corrected chi connectivity index (χ0v) is 14.6. The van der Waals surface area contributed by atoms with Crippen LogP contribution in [0.15, 0.2) is 54.1 Å². The Labute approximate surface area is 147 Å². The van der Waals surface area contributed by atoms with Crippen molar-refractivity contribution in [1.82, 2.24) is 4.58 Å². The van der Waals surface area contributed by atoms with E-state index in [-0.39, 0.29) is 6.04 Å². The largest absolute Gasteiger partial charge is 0.398 e. The second-order valence-corrected chi connectivity index (χ2v) is 6.78. The Morgan fingerprint density at radius 1 is 1.12 bits per heavy atom. The van der Waals surface area contributed by atoms with Crippen molar-refractivity contribution in [3.8, 4) is 0 Å². The molecular formula is C21H22N4+2. The van der Waals surface area contributed by atoms with Gasteiger partial charge < -0.3 is 11.1 Å². The molecule has 2 aliphatic rings. The molecule has 2 aromatic carbocycles. The van der Waals surface area contributed by atoms with Crippen LogP contribution < -0.4 is 10.3 Å². The third kappa shape index (κ3) is 2.33. The van der Waals surface area contributed by atoms with Gasteiger partial charge in [0.25, 0.3) is 17.4 Å². The molecule has 1 aliphatic heterocycles. The van der Waals surface area contributed by atoms with Gasteiger partial charge in [0, 0.05) is 35.7 Å². The zero-order valence-electron chi connectivity index (χ0n) is 14.6. The van der Waals surface area contributed by atoms with E-state index in [1.807, 2.05) is 42.7 Å². The highest BCUT2D eigenvalue weighted by Gasteiger charge is 2.46. The van der Waals surface area contributed by atoms with Gasteiger partial charge in [-0.1, -0.05) is 18.2 Å². The minimum absolute atomic E-state index is 0.0461. The first-order chi connectivity index (χ1) is 12.0. The molecule has 3 N–H and O–H groups in total. The molecule has 0 saturated heterocycles. The number of nitrogens with zero attached hydrogens (tertiary/aromatic N) is 2. The normalized spacial score (nSPS) is 19.4. The number of nitrogens with one attached hydrogen (secondary N) is 1. The second kappa shape index (κ2) is 5.52. The van der Waals surface area contributed by atoms with Gasteiger partial charge in [0.1, 0.15) is 6.72 Å². The highest BCUT2D eigenvalue weighted by molar-refractivity contribution is 6.17. The van der Waals surface area contributed by atoms with Crippen molar-refractivity contribution >= 4 is 40.9 Å². The average molecular weight is 330 g/mol. The number of allylic oxidation sites excluding steroid dienone is 1. The third-order valence-electron chi connectivity index (χ3n) is 5.13. The van der Waals surface area contributed by atoms with Crippen LogP contribution in [0.25, 0.3) is 0 Å². The Hall–Kier alpha value is -3.01. The second-order valence-electron chi connectivity index (χ2n) is 6.78. The van der Waals surface area contributed by atoms with Gasteiger partial charge in [-0.25, -0.2) is 0 Å². The van der Waals surface area contributed by atoms with Gasteiger partial charge in [0.05, 0.1) is 6.42 Å². The molecule has 0 amide bonds. The quantitative estimate of drug-likeness (QED) is 0.604. The lowest BCUT2D eigenvalue weighted by atomic mass is 9.89. The number of anilines is 1. The molecule has 25 heavy (non-hydrogen) atoms. The summed E-state index contributed by atoms with van der Waals surface area (Å²) in [5.74, 6) is 0. The van der Waals surface area contributed by atoms with E-state index >= 15 is 0 Å². The molecule has 0 aromatic heterocycles. The van der Waals surface area contributed by atoms with Crippen LogP contribution in [0, 0.1) is 12.3 Å². The first-order valence-corrected chi connectivity index (χ1v) is 8.44. The lowest BCUT2D eigenvalue weighted by Gasteiger charge is -2.24. The minimum atomic E-state index is 0.0461. The molecule has 1 heterocycles. The standard InChI is InChI=1S/C21H22N4/c1-13-9-18-20(11-16(13)22)25(15-7-5-4-6-8-15)21-12-17(23)14(2)10-19(21)24(18)3/h4-11,19,23H,3,12,22H2,1-2H3/q+2. The van der Waals surface area contributed by atoms with Crippen molar-refractivity contribution in [3.63, 3.8) is 0 Å². The molecule has 124 valence electrons. The number of nitrogens with two attached hydrogens (primary N) is 1. The summed E-state index contributed by atoms with van der Waals surface area (Å²) >= 11 is 0. The van der Waals surface area contributed by atoms with Gasteiger partial charge >= 0.3 is 0 Å². The van der Waals surface area contributed by atoms with Crippen LogP contribution >= 0.6 is 0 Å². The summed E-state index contributed by atoms with van der Waals surface area (Å²) in [5.41, 5.74) is 14.0. The van der Waals surface area contributed by atoms with E-state index < -0.39 is 0 Å². The summed E-state index contributed by atoms with van der Waals surface area (Å²) in [5, 5.41) is 8.32. The maximum absolute atomic E-state index is 8.32. The number of para-hydroxylation sites is 1. The zero-order chi connectivity index (χ0) is 17.7. The Morgan fingerprint density at radius 2 is 1.84 bits per heavy atom. The number of benzene rings is 2. The van der Waals surface area contributed by atoms with E-state index in [0.717, 1.165) is 39.6 Å². The summed E-state index contributed by atoms with van der Waals surface area (Å²) in [7, 11) is 0. The number of nitrogen functional groups attached to an aromatic ring is 1. The van der Waals surface area contributed by atoms with Gasteiger partial charge in [-0.05, 0) is 31.1 Å². The maximum Gasteiger partial charge on any atom is 0.285 e. The Morgan fingerprint density at radius 3 is 2.56 bits per heavy atom. The fraction of sp³-hybridized carbons (Fsp3) is 0.190. The van der Waals surface area contributed by atoms with Gasteiger partial charge in [-0.2, -0.15) is 4.58 Å². The first-order valence-electron chi connectivity index (χ1n) is 8.44. The Kier molecular flexibility index (Phi) is 3.42. The van der Waals surface area contributed by atoms with Crippen LogP contribution in [-0.4, -0.2) is 28.8 Å². The van der Waals surface area contributed by atoms with E-state index in [9.17, 15) is 0 Å². The Bertz CT molecular complexity index is 980. The van der Waals surface area contributed by atoms with Crippen LogP contribution in [0.3, 0.4) is 0 Å². The van der Waals surface area contributed by atoms with Crippen molar-refractivity contribution in [1.29, 1.82) is 5.41 Å². The molecule has 0 saturated carbocycles. The van der Waals surface area contributed by atoms with Crippen molar-refractivity contribution in [2.45, 2.75) is 26.3 Å². The molecule has 0 fully saturated rings. The summed E-state index contributed by atoms with van der Waals surface area (Å²) in [6.07, 6.45) is 2.75. The van der Waals surface area contributed by atoms with Crippen molar-refractivity contribution < 1.29 is 4.58 Å². The molecule has 1 unspecified atom stereocenters. The lowest BCUT2D eigenvalue weighted by molar-refractivity contribution is -0.444. The van der Waals surface area contributed by atoms with Crippen LogP contribution in [0.5, 0.6) is 0 Å². The molecule has 1 atom stereocenters. The van der Waals surface area contributed by atoms with E-state index in [1.165, 1.54) is 0 Å². The van der Waals surface area contributed by atoms with E-state index in [1.54, 1.807) is 0 Å². The van der Waals surface area contributed by atoms with Gasteiger partial charge in [-0.15, -0.1) is 4.58 Å². The van der Waals surface area contributed by atoms with Crippen LogP contribution in [0.1, 0.15) is 18.9 Å². The van der Waals surface area contributed by atoms with Crippen LogP contribution in [0.4, 0.5) is 22.7 Å². The average Bonchev–Trinajstić information content (AvgIpc) is 2.60. The summed E-state index contributed by atoms with van der Waals surface area (Å²) in [4.78, 5) is 0. The van der Waals surface area contributed by atoms with E-state index in [0.29, 0.717) is 12.1 Å². The number of hydrogen-bond donors (Lipinski definition) is 2. The molecular weight excluding hydrogens is 308 g/mol. The van der Waals surface area contributed by atoms with E-state index in [2.05, 4.69) is 35.6 Å². The third-order valence-corrected chi connectivity index (χ3v) is 5.13. The number of fused-ring (bicyclic) bond motifs is 2. The lowest BCUT2D eigenvalue weighted by Crippen LogP contribution is -2.43. The van der Waals surface area contributed by atoms with Crippen molar-refractivity contribution in [3.05, 3.63) is 59.7 Å². The predicted molar refractivity (Wildman–Crippen MR) is 105 cm³/mol. The van der Waals surface area contributed by atoms with Crippen molar-refractivity contribution in [2.24, 2.45) is 0 Å². The molecule has 0 bridgehead atoms. The Balaban J connectivity index is 2.08. The number of hydrogen-bond acceptors (Lipinski definition) is 2.